The first-order valence-electron chi connectivity index (χ1n) is 13.1. The quantitative estimate of drug-likeness (QED) is 0.216. The van der Waals surface area contributed by atoms with E-state index in [1.165, 1.54) is 21.9 Å². The van der Waals surface area contributed by atoms with Crippen molar-refractivity contribution in [2.24, 2.45) is 0 Å². The number of esters is 1. The minimum Gasteiger partial charge on any atom is -0.456 e. The number of imidazole rings is 1. The lowest BCUT2D eigenvalue weighted by Gasteiger charge is -2.20. The Bertz CT molecular complexity index is 1560. The molecule has 0 fully saturated rings. The van der Waals surface area contributed by atoms with Crippen molar-refractivity contribution in [2.75, 3.05) is 0 Å². The zero-order valence-electron chi connectivity index (χ0n) is 22.1. The topological polar surface area (TPSA) is 44.1 Å². The normalized spacial score (nSPS) is 11.8. The smallest absolute Gasteiger partial charge is 0.339 e. The maximum atomic E-state index is 12.8. The molecule has 4 heteroatoms. The summed E-state index contributed by atoms with van der Waals surface area (Å²) in [4.78, 5) is 17.9. The predicted molar refractivity (Wildman–Crippen MR) is 152 cm³/mol. The Morgan fingerprint density at radius 2 is 1.57 bits per heavy atom. The van der Waals surface area contributed by atoms with E-state index in [2.05, 4.69) is 72.2 Å². The molecule has 0 amide bonds. The van der Waals surface area contributed by atoms with Gasteiger partial charge >= 0.3 is 5.97 Å². The first-order valence-corrected chi connectivity index (χ1v) is 13.1. The van der Waals surface area contributed by atoms with Gasteiger partial charge < -0.3 is 9.30 Å². The summed E-state index contributed by atoms with van der Waals surface area (Å²) in [5.74, 6) is 0.830. The standard InChI is InChI=1S/C33H34N2O2/c1-5-6-15-31-34-29-20-25-11-7-8-12-26(25)21-30(29)35(31)22-23-16-18-24(19-17-23)27-13-9-10-14-28(27)32(36)37-33(2,3)4/h7-14,16-21H,5-6,15,22H2,1-4H3. The summed E-state index contributed by atoms with van der Waals surface area (Å²) in [6, 6.07) is 29.1. The number of benzene rings is 4. The molecule has 0 saturated carbocycles. The van der Waals surface area contributed by atoms with E-state index >= 15 is 0 Å². The van der Waals surface area contributed by atoms with Gasteiger partial charge in [0.15, 0.2) is 0 Å². The van der Waals surface area contributed by atoms with Crippen molar-refractivity contribution < 1.29 is 9.53 Å². The van der Waals surface area contributed by atoms with Crippen molar-refractivity contribution in [3.8, 4) is 11.1 Å². The number of unbranched alkanes of at least 4 members (excludes halogenated alkanes) is 1. The highest BCUT2D eigenvalue weighted by Crippen LogP contribution is 2.28. The van der Waals surface area contributed by atoms with Crippen LogP contribution < -0.4 is 0 Å². The fraction of sp³-hybridized carbons (Fsp3) is 0.273. The van der Waals surface area contributed by atoms with Crippen molar-refractivity contribution in [1.82, 2.24) is 9.55 Å². The van der Waals surface area contributed by atoms with Gasteiger partial charge in [-0.2, -0.15) is 0 Å². The van der Waals surface area contributed by atoms with Gasteiger partial charge in [-0.25, -0.2) is 9.78 Å². The minimum absolute atomic E-state index is 0.301. The Morgan fingerprint density at radius 3 is 2.27 bits per heavy atom. The van der Waals surface area contributed by atoms with Crippen LogP contribution in [0, 0.1) is 0 Å². The second-order valence-corrected chi connectivity index (χ2v) is 10.7. The molecule has 188 valence electrons. The van der Waals surface area contributed by atoms with E-state index < -0.39 is 5.60 Å². The molecule has 0 saturated heterocycles. The maximum absolute atomic E-state index is 12.8. The second-order valence-electron chi connectivity index (χ2n) is 10.7. The molecule has 0 aliphatic rings. The highest BCUT2D eigenvalue weighted by atomic mass is 16.6. The number of aryl methyl sites for hydroxylation is 1. The molecule has 0 aliphatic heterocycles. The van der Waals surface area contributed by atoms with Crippen molar-refractivity contribution in [2.45, 2.75) is 59.1 Å². The number of ether oxygens (including phenoxy) is 1. The minimum atomic E-state index is -0.539. The number of carbonyl (C=O) groups is 1. The lowest BCUT2D eigenvalue weighted by Crippen LogP contribution is -2.24. The average molecular weight is 491 g/mol. The van der Waals surface area contributed by atoms with Gasteiger partial charge in [-0.3, -0.25) is 0 Å². The third-order valence-electron chi connectivity index (χ3n) is 6.60. The van der Waals surface area contributed by atoms with Gasteiger partial charge in [0.2, 0.25) is 0 Å². The van der Waals surface area contributed by atoms with Gasteiger partial charge in [-0.05, 0) is 72.9 Å². The molecule has 0 atom stereocenters. The Labute approximate surface area is 218 Å². The van der Waals surface area contributed by atoms with Gasteiger partial charge in [-0.15, -0.1) is 0 Å². The maximum Gasteiger partial charge on any atom is 0.339 e. The first kappa shape index (κ1) is 24.8. The molecule has 1 heterocycles. The fourth-order valence-corrected chi connectivity index (χ4v) is 4.78. The van der Waals surface area contributed by atoms with Gasteiger partial charge in [0, 0.05) is 13.0 Å². The van der Waals surface area contributed by atoms with Crippen LogP contribution in [0.1, 0.15) is 62.3 Å². The SMILES string of the molecule is CCCCc1nc2cc3ccccc3cc2n1Cc1ccc(-c2ccccc2C(=O)OC(C)(C)C)cc1. The molecule has 1 aromatic heterocycles. The number of hydrogen-bond acceptors (Lipinski definition) is 3. The van der Waals surface area contributed by atoms with Crippen molar-refractivity contribution in [1.29, 1.82) is 0 Å². The predicted octanol–water partition coefficient (Wildman–Crippen LogP) is 8.20. The molecule has 0 N–H and O–H groups in total. The van der Waals surface area contributed by atoms with E-state index in [0.29, 0.717) is 5.56 Å². The number of hydrogen-bond donors (Lipinski definition) is 0. The highest BCUT2D eigenvalue weighted by molar-refractivity contribution is 5.97. The Hall–Kier alpha value is -3.92. The summed E-state index contributed by atoms with van der Waals surface area (Å²) in [7, 11) is 0. The molecule has 37 heavy (non-hydrogen) atoms. The molecular formula is C33H34N2O2. The van der Waals surface area contributed by atoms with Crippen LogP contribution in [0.15, 0.2) is 84.9 Å². The molecule has 0 unspecified atom stereocenters. The second kappa shape index (κ2) is 10.2. The summed E-state index contributed by atoms with van der Waals surface area (Å²) < 4.78 is 8.01. The lowest BCUT2D eigenvalue weighted by atomic mass is 9.98. The fourth-order valence-electron chi connectivity index (χ4n) is 4.78. The molecule has 0 bridgehead atoms. The first-order chi connectivity index (χ1) is 17.8. The summed E-state index contributed by atoms with van der Waals surface area (Å²) >= 11 is 0. The van der Waals surface area contributed by atoms with E-state index in [1.54, 1.807) is 0 Å². The van der Waals surface area contributed by atoms with Gasteiger partial charge in [0.1, 0.15) is 11.4 Å². The van der Waals surface area contributed by atoms with E-state index in [-0.39, 0.29) is 5.97 Å². The van der Waals surface area contributed by atoms with Crippen LogP contribution in [0.2, 0.25) is 0 Å². The van der Waals surface area contributed by atoms with E-state index in [0.717, 1.165) is 48.3 Å². The average Bonchev–Trinajstić information content (AvgIpc) is 3.21. The number of aromatic nitrogens is 2. The molecule has 0 radical (unpaired) electrons. The lowest BCUT2D eigenvalue weighted by molar-refractivity contribution is 0.00704. The molecular weight excluding hydrogens is 456 g/mol. The zero-order chi connectivity index (χ0) is 26.0. The summed E-state index contributed by atoms with van der Waals surface area (Å²) in [6.07, 6.45) is 3.21. The third kappa shape index (κ3) is 5.43. The van der Waals surface area contributed by atoms with Gasteiger partial charge in [0.05, 0.1) is 16.6 Å². The molecule has 5 aromatic rings. The number of carbonyl (C=O) groups excluding carboxylic acids is 1. The largest absolute Gasteiger partial charge is 0.456 e. The molecule has 5 rings (SSSR count). The van der Waals surface area contributed by atoms with Gasteiger partial charge in [0.25, 0.3) is 0 Å². The molecule has 4 nitrogen and oxygen atoms in total. The van der Waals surface area contributed by atoms with Crippen LogP contribution in [-0.4, -0.2) is 21.1 Å². The van der Waals surface area contributed by atoms with E-state index in [9.17, 15) is 4.79 Å². The van der Waals surface area contributed by atoms with Crippen LogP contribution in [0.4, 0.5) is 0 Å². The molecule has 0 spiro atoms. The zero-order valence-corrected chi connectivity index (χ0v) is 22.1. The van der Waals surface area contributed by atoms with Crippen molar-refractivity contribution >= 4 is 27.8 Å². The van der Waals surface area contributed by atoms with E-state index in [4.69, 9.17) is 9.72 Å². The van der Waals surface area contributed by atoms with Crippen LogP contribution >= 0.6 is 0 Å². The highest BCUT2D eigenvalue weighted by Gasteiger charge is 2.20. The summed E-state index contributed by atoms with van der Waals surface area (Å²) in [5.41, 5.74) is 5.34. The van der Waals surface area contributed by atoms with Crippen LogP contribution in [0.5, 0.6) is 0 Å². The van der Waals surface area contributed by atoms with Crippen molar-refractivity contribution in [3.05, 3.63) is 102 Å². The van der Waals surface area contributed by atoms with Crippen molar-refractivity contribution in [3.63, 3.8) is 0 Å². The Balaban J connectivity index is 1.48. The monoisotopic (exact) mass is 490 g/mol. The third-order valence-corrected chi connectivity index (χ3v) is 6.60. The number of nitrogens with zero attached hydrogens (tertiary/aromatic N) is 2. The van der Waals surface area contributed by atoms with Crippen LogP contribution in [-0.2, 0) is 17.7 Å². The van der Waals surface area contributed by atoms with Crippen LogP contribution in [0.25, 0.3) is 32.9 Å². The molecule has 4 aromatic carbocycles. The number of rotatable bonds is 7. The number of fused-ring (bicyclic) bond motifs is 2. The van der Waals surface area contributed by atoms with Gasteiger partial charge in [-0.1, -0.05) is 80.1 Å². The van der Waals surface area contributed by atoms with Crippen LogP contribution in [0.3, 0.4) is 0 Å². The Morgan fingerprint density at radius 1 is 0.892 bits per heavy atom. The van der Waals surface area contributed by atoms with E-state index in [1.807, 2.05) is 45.0 Å². The summed E-state index contributed by atoms with van der Waals surface area (Å²) in [5, 5.41) is 2.45. The Kier molecular flexibility index (Phi) is 6.84. The molecule has 0 aliphatic carbocycles. The summed E-state index contributed by atoms with van der Waals surface area (Å²) in [6.45, 7) is 8.64.